The molecule has 3 nitrogen and oxygen atoms in total. The highest BCUT2D eigenvalue weighted by Gasteiger charge is 2.07. The number of rotatable bonds is 4. The van der Waals surface area contributed by atoms with Crippen LogP contribution >= 0.6 is 11.6 Å². The maximum atomic E-state index is 6.09. The van der Waals surface area contributed by atoms with Gasteiger partial charge < -0.3 is 5.32 Å². The van der Waals surface area contributed by atoms with Gasteiger partial charge >= 0.3 is 0 Å². The zero-order valence-corrected chi connectivity index (χ0v) is 12.6. The van der Waals surface area contributed by atoms with E-state index in [-0.39, 0.29) is 0 Å². The molecule has 0 atom stereocenters. The van der Waals surface area contributed by atoms with Gasteiger partial charge in [-0.25, -0.2) is 0 Å². The molecule has 0 aliphatic rings. The van der Waals surface area contributed by atoms with Crippen LogP contribution in [0.4, 0.5) is 5.82 Å². The summed E-state index contributed by atoms with van der Waals surface area (Å²) in [5.41, 5.74) is 2.62. The van der Waals surface area contributed by atoms with Crippen molar-refractivity contribution in [3.63, 3.8) is 0 Å². The van der Waals surface area contributed by atoms with Crippen molar-refractivity contribution < 1.29 is 0 Å². The second-order valence-corrected chi connectivity index (χ2v) is 5.22. The van der Waals surface area contributed by atoms with Crippen LogP contribution in [0.15, 0.2) is 48.5 Å². The maximum Gasteiger partial charge on any atom is 0.159 e. The van der Waals surface area contributed by atoms with Gasteiger partial charge in [0.05, 0.1) is 0 Å². The van der Waals surface area contributed by atoms with E-state index in [9.17, 15) is 0 Å². The van der Waals surface area contributed by atoms with E-state index in [4.69, 9.17) is 11.6 Å². The SMILES string of the molecule is CCc1ccccc1CNc1nnc(Cl)c2ccccc12. The lowest BCUT2D eigenvalue weighted by Crippen LogP contribution is -2.05. The fourth-order valence-corrected chi connectivity index (χ4v) is 2.66. The van der Waals surface area contributed by atoms with Gasteiger partial charge in [0.15, 0.2) is 11.0 Å². The van der Waals surface area contributed by atoms with Crippen LogP contribution in [0.3, 0.4) is 0 Å². The Bertz CT molecular complexity index is 771. The van der Waals surface area contributed by atoms with Gasteiger partial charge in [0.25, 0.3) is 0 Å². The van der Waals surface area contributed by atoms with Crippen LogP contribution < -0.4 is 5.32 Å². The first-order valence-corrected chi connectivity index (χ1v) is 7.39. The summed E-state index contributed by atoms with van der Waals surface area (Å²) < 4.78 is 0. The number of halogens is 1. The smallest absolute Gasteiger partial charge is 0.159 e. The van der Waals surface area contributed by atoms with Crippen molar-refractivity contribution in [1.29, 1.82) is 0 Å². The molecule has 3 rings (SSSR count). The summed E-state index contributed by atoms with van der Waals surface area (Å²) in [6.45, 7) is 2.89. The highest BCUT2D eigenvalue weighted by atomic mass is 35.5. The van der Waals surface area contributed by atoms with E-state index in [2.05, 4.69) is 46.7 Å². The average molecular weight is 298 g/mol. The normalized spacial score (nSPS) is 10.8. The number of hydrogen-bond donors (Lipinski definition) is 1. The lowest BCUT2D eigenvalue weighted by molar-refractivity contribution is 0.997. The van der Waals surface area contributed by atoms with Crippen LogP contribution in [-0.2, 0) is 13.0 Å². The Labute approximate surface area is 129 Å². The Kier molecular flexibility index (Phi) is 4.02. The third-order valence-electron chi connectivity index (χ3n) is 3.59. The van der Waals surface area contributed by atoms with Crippen molar-refractivity contribution in [2.75, 3.05) is 5.32 Å². The molecule has 0 spiro atoms. The van der Waals surface area contributed by atoms with Crippen LogP contribution in [0, 0.1) is 0 Å². The Morgan fingerprint density at radius 2 is 1.57 bits per heavy atom. The summed E-state index contributed by atoms with van der Waals surface area (Å²) in [6, 6.07) is 16.3. The molecule has 0 amide bonds. The molecule has 1 N–H and O–H groups in total. The fourth-order valence-electron chi connectivity index (χ4n) is 2.46. The first kappa shape index (κ1) is 13.8. The van der Waals surface area contributed by atoms with Crippen LogP contribution in [0.25, 0.3) is 10.8 Å². The largest absolute Gasteiger partial charge is 0.364 e. The standard InChI is InChI=1S/C17H16ClN3/c1-2-12-7-3-4-8-13(12)11-19-17-15-10-6-5-9-14(15)16(18)20-21-17/h3-10H,2,11H2,1H3,(H,19,21). The van der Waals surface area contributed by atoms with E-state index in [0.29, 0.717) is 5.15 Å². The van der Waals surface area contributed by atoms with E-state index in [0.717, 1.165) is 29.6 Å². The van der Waals surface area contributed by atoms with Crippen molar-refractivity contribution in [1.82, 2.24) is 10.2 Å². The van der Waals surface area contributed by atoms with Crippen molar-refractivity contribution in [3.05, 3.63) is 64.8 Å². The van der Waals surface area contributed by atoms with E-state index < -0.39 is 0 Å². The molecular formula is C17H16ClN3. The quantitative estimate of drug-likeness (QED) is 0.772. The Balaban J connectivity index is 1.91. The van der Waals surface area contributed by atoms with Gasteiger partial charge in [0.2, 0.25) is 0 Å². The molecule has 0 saturated carbocycles. The highest BCUT2D eigenvalue weighted by molar-refractivity contribution is 6.34. The fraction of sp³-hybridized carbons (Fsp3) is 0.176. The monoisotopic (exact) mass is 297 g/mol. The summed E-state index contributed by atoms with van der Waals surface area (Å²) >= 11 is 6.09. The Morgan fingerprint density at radius 1 is 0.905 bits per heavy atom. The topological polar surface area (TPSA) is 37.8 Å². The molecule has 0 fully saturated rings. The molecule has 106 valence electrons. The molecule has 0 bridgehead atoms. The predicted octanol–water partition coefficient (Wildman–Crippen LogP) is 4.46. The van der Waals surface area contributed by atoms with Gasteiger partial charge in [-0.05, 0) is 17.5 Å². The highest BCUT2D eigenvalue weighted by Crippen LogP contribution is 2.26. The molecular weight excluding hydrogens is 282 g/mol. The van der Waals surface area contributed by atoms with Crippen molar-refractivity contribution in [3.8, 4) is 0 Å². The lowest BCUT2D eigenvalue weighted by atomic mass is 10.1. The molecule has 0 aliphatic heterocycles. The first-order chi connectivity index (χ1) is 10.3. The predicted molar refractivity (Wildman–Crippen MR) is 87.7 cm³/mol. The summed E-state index contributed by atoms with van der Waals surface area (Å²) in [4.78, 5) is 0. The number of aromatic nitrogens is 2. The number of nitrogens with one attached hydrogen (secondary N) is 1. The number of benzene rings is 2. The number of aryl methyl sites for hydroxylation is 1. The molecule has 4 heteroatoms. The summed E-state index contributed by atoms with van der Waals surface area (Å²) in [7, 11) is 0. The van der Waals surface area contributed by atoms with Gasteiger partial charge in [-0.15, -0.1) is 10.2 Å². The number of fused-ring (bicyclic) bond motifs is 1. The molecule has 0 unspecified atom stereocenters. The Morgan fingerprint density at radius 3 is 2.33 bits per heavy atom. The third-order valence-corrected chi connectivity index (χ3v) is 3.87. The molecule has 21 heavy (non-hydrogen) atoms. The third kappa shape index (κ3) is 2.83. The summed E-state index contributed by atoms with van der Waals surface area (Å²) in [6.07, 6.45) is 1.02. The maximum absolute atomic E-state index is 6.09. The number of hydrogen-bond acceptors (Lipinski definition) is 3. The second kappa shape index (κ2) is 6.10. The van der Waals surface area contributed by atoms with E-state index in [1.165, 1.54) is 11.1 Å². The van der Waals surface area contributed by atoms with E-state index in [1.807, 2.05) is 24.3 Å². The molecule has 2 aromatic carbocycles. The Hall–Kier alpha value is -2.13. The van der Waals surface area contributed by atoms with Gasteiger partial charge in [0, 0.05) is 17.3 Å². The zero-order valence-electron chi connectivity index (χ0n) is 11.8. The molecule has 0 aliphatic carbocycles. The molecule has 0 radical (unpaired) electrons. The van der Waals surface area contributed by atoms with Crippen LogP contribution in [0.5, 0.6) is 0 Å². The lowest BCUT2D eigenvalue weighted by Gasteiger charge is -2.11. The molecule has 3 aromatic rings. The molecule has 1 heterocycles. The van der Waals surface area contributed by atoms with Crippen LogP contribution in [0.1, 0.15) is 18.1 Å². The van der Waals surface area contributed by atoms with Crippen molar-refractivity contribution in [2.45, 2.75) is 19.9 Å². The number of anilines is 1. The summed E-state index contributed by atoms with van der Waals surface area (Å²) in [5.74, 6) is 0.765. The van der Waals surface area contributed by atoms with Gasteiger partial charge in [-0.3, -0.25) is 0 Å². The second-order valence-electron chi connectivity index (χ2n) is 4.86. The molecule has 0 saturated heterocycles. The van der Waals surface area contributed by atoms with Gasteiger partial charge in [0.1, 0.15) is 0 Å². The summed E-state index contributed by atoms with van der Waals surface area (Å²) in [5, 5.41) is 13.9. The zero-order chi connectivity index (χ0) is 14.7. The van der Waals surface area contributed by atoms with E-state index >= 15 is 0 Å². The van der Waals surface area contributed by atoms with E-state index in [1.54, 1.807) is 0 Å². The molecule has 1 aromatic heterocycles. The van der Waals surface area contributed by atoms with Crippen LogP contribution in [-0.4, -0.2) is 10.2 Å². The van der Waals surface area contributed by atoms with Gasteiger partial charge in [-0.1, -0.05) is 67.1 Å². The minimum absolute atomic E-state index is 0.435. The van der Waals surface area contributed by atoms with Crippen LogP contribution in [0.2, 0.25) is 5.15 Å². The van der Waals surface area contributed by atoms with Crippen molar-refractivity contribution in [2.24, 2.45) is 0 Å². The average Bonchev–Trinajstić information content (AvgIpc) is 2.55. The van der Waals surface area contributed by atoms with Gasteiger partial charge in [-0.2, -0.15) is 0 Å². The van der Waals surface area contributed by atoms with Crippen molar-refractivity contribution >= 4 is 28.2 Å². The minimum atomic E-state index is 0.435. The number of nitrogens with zero attached hydrogens (tertiary/aromatic N) is 2. The minimum Gasteiger partial charge on any atom is -0.364 e. The first-order valence-electron chi connectivity index (χ1n) is 7.01.